The Hall–Kier alpha value is -3.91. The van der Waals surface area contributed by atoms with Crippen molar-refractivity contribution in [2.24, 2.45) is 11.0 Å². The first-order valence-electron chi connectivity index (χ1n) is 11.7. The molecule has 15 heteroatoms. The monoisotopic (exact) mass is 579 g/mol. The smallest absolute Gasteiger partial charge is 0.411 e. The maximum absolute atomic E-state index is 13.2. The van der Waals surface area contributed by atoms with Crippen LogP contribution in [0.15, 0.2) is 46.4 Å². The van der Waals surface area contributed by atoms with E-state index < -0.39 is 47.8 Å². The number of Topliss-reactive ketones (excluding diaryl/α,β-unsaturated/α-hetero) is 1. The summed E-state index contributed by atoms with van der Waals surface area (Å²) >= 11 is 1.44. The third-order valence-electron chi connectivity index (χ3n) is 5.74. The van der Waals surface area contributed by atoms with Crippen LogP contribution in [0.25, 0.3) is 11.4 Å². The van der Waals surface area contributed by atoms with Gasteiger partial charge in [0.25, 0.3) is 5.56 Å². The lowest BCUT2D eigenvalue weighted by Gasteiger charge is -2.22. The van der Waals surface area contributed by atoms with Gasteiger partial charge < -0.3 is 15.3 Å². The van der Waals surface area contributed by atoms with Gasteiger partial charge in [-0.2, -0.15) is 0 Å². The molecule has 210 valence electrons. The number of nitrogens with zero attached hydrogens (tertiary/aromatic N) is 5. The highest BCUT2D eigenvalue weighted by Gasteiger charge is 2.30. The fraction of sp³-hybridized carbons (Fsp3) is 0.375. The highest BCUT2D eigenvalue weighted by atomic mass is 35.5. The Morgan fingerprint density at radius 3 is 2.44 bits per heavy atom. The molecule has 3 N–H and O–H groups in total. The molecule has 1 aliphatic rings. The fourth-order valence-electron chi connectivity index (χ4n) is 3.57. The van der Waals surface area contributed by atoms with Crippen LogP contribution in [0.1, 0.15) is 13.8 Å². The van der Waals surface area contributed by atoms with Crippen LogP contribution in [-0.4, -0.2) is 80.9 Å². The lowest BCUT2D eigenvalue weighted by atomic mass is 9.99. The molecule has 1 aliphatic heterocycles. The van der Waals surface area contributed by atoms with Gasteiger partial charge in [0, 0.05) is 32.0 Å². The molecule has 1 aromatic heterocycles. The van der Waals surface area contributed by atoms with Gasteiger partial charge in [0.05, 0.1) is 12.2 Å². The van der Waals surface area contributed by atoms with Crippen LogP contribution < -0.4 is 21.2 Å². The Morgan fingerprint density at radius 2 is 1.87 bits per heavy atom. The minimum atomic E-state index is -1.38. The van der Waals surface area contributed by atoms with Crippen LogP contribution in [0.3, 0.4) is 0 Å². The second-order valence-corrected chi connectivity index (χ2v) is 9.89. The van der Waals surface area contributed by atoms with Crippen molar-refractivity contribution in [1.29, 1.82) is 0 Å². The van der Waals surface area contributed by atoms with E-state index in [2.05, 4.69) is 20.8 Å². The average Bonchev–Trinajstić information content (AvgIpc) is 3.30. The molecule has 0 bridgehead atoms. The quantitative estimate of drug-likeness (QED) is 0.292. The minimum Gasteiger partial charge on any atom is -0.465 e. The third-order valence-corrected chi connectivity index (χ3v) is 6.79. The second-order valence-electron chi connectivity index (χ2n) is 8.82. The molecule has 13 nitrogen and oxygen atoms in total. The molecule has 3 rings (SSSR count). The van der Waals surface area contributed by atoms with Crippen molar-refractivity contribution < 1.29 is 24.3 Å². The van der Waals surface area contributed by atoms with Crippen LogP contribution in [0.2, 0.25) is 0 Å². The Morgan fingerprint density at radius 1 is 1.21 bits per heavy atom. The number of amides is 3. The van der Waals surface area contributed by atoms with Crippen molar-refractivity contribution >= 4 is 58.7 Å². The molecular weight excluding hydrogens is 550 g/mol. The Kier molecular flexibility index (Phi) is 11.0. The molecule has 2 heterocycles. The molecule has 0 spiro atoms. The van der Waals surface area contributed by atoms with Gasteiger partial charge in [0.2, 0.25) is 11.7 Å². The van der Waals surface area contributed by atoms with E-state index in [1.54, 1.807) is 44.2 Å². The van der Waals surface area contributed by atoms with Crippen LogP contribution in [0, 0.1) is 5.92 Å². The molecule has 1 atom stereocenters. The summed E-state index contributed by atoms with van der Waals surface area (Å²) in [5, 5.41) is 16.4. The molecule has 39 heavy (non-hydrogen) atoms. The van der Waals surface area contributed by atoms with Gasteiger partial charge in [0.1, 0.15) is 18.1 Å². The Bertz CT molecular complexity index is 1320. The van der Waals surface area contributed by atoms with Gasteiger partial charge in [-0.3, -0.25) is 28.6 Å². The molecule has 2 aromatic rings. The molecule has 1 saturated heterocycles. The van der Waals surface area contributed by atoms with Gasteiger partial charge in [0.15, 0.2) is 5.17 Å². The number of benzene rings is 1. The fourth-order valence-corrected chi connectivity index (χ4v) is 4.54. The number of carbonyl (C=O) groups excluding carboxylic acids is 3. The Labute approximate surface area is 235 Å². The number of rotatable bonds is 9. The summed E-state index contributed by atoms with van der Waals surface area (Å²) in [6.07, 6.45) is -0.255. The lowest BCUT2D eigenvalue weighted by Crippen LogP contribution is -2.51. The standard InChI is InChI=1S/C24H29N7O6S.ClH/c1-14(2)18(19(33)21(34)27-28-23-29(3)10-11-38-23)26-17(32)13-31-20(15-8-6-5-7-9-15)25-12-16(22(31)35)30(4)24(36)37;/h5-9,12,14,18H,10-11,13H2,1-4H3,(H,26,32)(H,27,34)(H,36,37);1H/b28-23-;/t18-;/m0./s1. The number of hydrogen-bond donors (Lipinski definition) is 3. The van der Waals surface area contributed by atoms with Crippen LogP contribution in [-0.2, 0) is 20.9 Å². The summed E-state index contributed by atoms with van der Waals surface area (Å²) in [6.45, 7) is 3.52. The first-order chi connectivity index (χ1) is 18.0. The largest absolute Gasteiger partial charge is 0.465 e. The normalized spacial score (nSPS) is 14.5. The topological polar surface area (TPSA) is 166 Å². The number of anilines is 1. The summed E-state index contributed by atoms with van der Waals surface area (Å²) in [7, 11) is 3.00. The molecular formula is C24H30ClN7O6S. The van der Waals surface area contributed by atoms with E-state index in [1.807, 2.05) is 11.9 Å². The number of carbonyl (C=O) groups is 4. The van der Waals surface area contributed by atoms with Gasteiger partial charge in [-0.25, -0.2) is 15.2 Å². The van der Waals surface area contributed by atoms with E-state index in [0.29, 0.717) is 15.6 Å². The maximum atomic E-state index is 13.2. The summed E-state index contributed by atoms with van der Waals surface area (Å²) in [6, 6.07) is 7.39. The number of aromatic nitrogens is 2. The van der Waals surface area contributed by atoms with E-state index in [4.69, 9.17) is 0 Å². The Balaban J connectivity index is 0.00000533. The molecule has 0 radical (unpaired) electrons. The van der Waals surface area contributed by atoms with Gasteiger partial charge in [-0.15, -0.1) is 17.5 Å². The summed E-state index contributed by atoms with van der Waals surface area (Å²) in [5.74, 6) is -2.12. The number of nitrogens with one attached hydrogen (secondary N) is 2. The van der Waals surface area contributed by atoms with E-state index in [-0.39, 0.29) is 23.9 Å². The molecule has 0 unspecified atom stereocenters. The van der Waals surface area contributed by atoms with Crippen molar-refractivity contribution in [3.8, 4) is 11.4 Å². The van der Waals surface area contributed by atoms with Crippen LogP contribution >= 0.6 is 24.2 Å². The van der Waals surface area contributed by atoms with Crippen LogP contribution in [0.5, 0.6) is 0 Å². The number of thioether (sulfide) groups is 1. The predicted molar refractivity (Wildman–Crippen MR) is 150 cm³/mol. The molecule has 1 fully saturated rings. The van der Waals surface area contributed by atoms with Gasteiger partial charge in [-0.05, 0) is 5.92 Å². The van der Waals surface area contributed by atoms with E-state index in [0.717, 1.165) is 23.1 Å². The molecule has 0 aliphatic carbocycles. The number of ketones is 1. The van der Waals surface area contributed by atoms with Gasteiger partial charge >= 0.3 is 12.0 Å². The zero-order valence-electron chi connectivity index (χ0n) is 21.8. The van der Waals surface area contributed by atoms with E-state index in [1.165, 1.54) is 18.8 Å². The number of carboxylic acid groups (broad SMARTS) is 1. The molecule has 3 amide bonds. The molecule has 1 aromatic carbocycles. The average molecular weight is 580 g/mol. The van der Waals surface area contributed by atoms with E-state index in [9.17, 15) is 29.1 Å². The summed E-state index contributed by atoms with van der Waals surface area (Å²) in [4.78, 5) is 69.9. The van der Waals surface area contributed by atoms with Gasteiger partial charge in [-0.1, -0.05) is 55.9 Å². The zero-order valence-corrected chi connectivity index (χ0v) is 23.4. The number of amidine groups is 1. The third kappa shape index (κ3) is 7.57. The summed E-state index contributed by atoms with van der Waals surface area (Å²) < 4.78 is 1.03. The zero-order chi connectivity index (χ0) is 28.0. The van der Waals surface area contributed by atoms with Crippen molar-refractivity contribution in [2.75, 3.05) is 31.3 Å². The second kappa shape index (κ2) is 13.8. The summed E-state index contributed by atoms with van der Waals surface area (Å²) in [5.41, 5.74) is 1.74. The first kappa shape index (κ1) is 31.3. The van der Waals surface area contributed by atoms with Crippen molar-refractivity contribution in [3.05, 3.63) is 46.9 Å². The van der Waals surface area contributed by atoms with E-state index >= 15 is 0 Å². The highest BCUT2D eigenvalue weighted by molar-refractivity contribution is 8.14. The predicted octanol–water partition coefficient (Wildman–Crippen LogP) is 1.22. The lowest BCUT2D eigenvalue weighted by molar-refractivity contribution is -0.140. The first-order valence-corrected chi connectivity index (χ1v) is 12.7. The number of hydrogen-bond acceptors (Lipinski definition) is 8. The SMILES string of the molecule is CC(C)[C@H](NC(=O)Cn1c(-c2ccccc2)ncc(N(C)C(=O)O)c1=O)C(=O)C(=O)N/N=C1\SCCN1C.Cl. The van der Waals surface area contributed by atoms with Crippen LogP contribution in [0.4, 0.5) is 10.5 Å². The maximum Gasteiger partial charge on any atom is 0.411 e. The highest BCUT2D eigenvalue weighted by Crippen LogP contribution is 2.18. The molecule has 0 saturated carbocycles. The minimum absolute atomic E-state index is 0. The number of halogens is 1. The number of hydrazone groups is 1. The van der Waals surface area contributed by atoms with Crippen molar-refractivity contribution in [3.63, 3.8) is 0 Å². The van der Waals surface area contributed by atoms with Crippen molar-refractivity contribution in [1.82, 2.24) is 25.2 Å². The van der Waals surface area contributed by atoms with Crippen molar-refractivity contribution in [2.45, 2.75) is 26.4 Å².